The number of aromatic nitrogens is 2. The summed E-state index contributed by atoms with van der Waals surface area (Å²) in [6.07, 6.45) is 4.54. The van der Waals surface area contributed by atoms with Crippen molar-refractivity contribution < 1.29 is 9.21 Å². The highest BCUT2D eigenvalue weighted by atomic mass is 16.3. The van der Waals surface area contributed by atoms with Crippen LogP contribution in [0.1, 0.15) is 42.3 Å². The van der Waals surface area contributed by atoms with Crippen molar-refractivity contribution >= 4 is 17.0 Å². The van der Waals surface area contributed by atoms with Gasteiger partial charge in [0.05, 0.1) is 5.56 Å². The van der Waals surface area contributed by atoms with Gasteiger partial charge in [-0.15, -0.1) is 0 Å². The zero-order valence-corrected chi connectivity index (χ0v) is 12.5. The first kappa shape index (κ1) is 13.9. The maximum Gasteiger partial charge on any atom is 0.265 e. The van der Waals surface area contributed by atoms with Crippen LogP contribution in [0.3, 0.4) is 0 Å². The molecular weight excluding hydrogens is 270 g/mol. The van der Waals surface area contributed by atoms with Crippen LogP contribution in [-0.4, -0.2) is 32.9 Å². The number of aryl methyl sites for hydroxylation is 2. The summed E-state index contributed by atoms with van der Waals surface area (Å²) < 4.78 is 6.88. The summed E-state index contributed by atoms with van der Waals surface area (Å²) in [5.74, 6) is 0.340. The van der Waals surface area contributed by atoms with Gasteiger partial charge in [0, 0.05) is 19.6 Å². The monoisotopic (exact) mass is 289 g/mol. The molecular formula is C15H19N3O3. The summed E-state index contributed by atoms with van der Waals surface area (Å²) in [4.78, 5) is 31.1. The molecule has 1 aliphatic rings. The van der Waals surface area contributed by atoms with Gasteiger partial charge in [-0.25, -0.2) is 4.98 Å². The summed E-state index contributed by atoms with van der Waals surface area (Å²) in [7, 11) is 1.62. The Morgan fingerprint density at radius 2 is 2.19 bits per heavy atom. The molecule has 3 rings (SSSR count). The van der Waals surface area contributed by atoms with Crippen molar-refractivity contribution in [3.05, 3.63) is 28.0 Å². The predicted octanol–water partition coefficient (Wildman–Crippen LogP) is 1.85. The fraction of sp³-hybridized carbons (Fsp3) is 0.533. The minimum atomic E-state index is -0.245. The number of likely N-dealkylation sites (tertiary alicyclic amines) is 1. The third kappa shape index (κ3) is 2.14. The predicted molar refractivity (Wildman–Crippen MR) is 78.3 cm³/mol. The lowest BCUT2D eigenvalue weighted by atomic mass is 10.0. The van der Waals surface area contributed by atoms with Crippen LogP contribution in [0.5, 0.6) is 0 Å². The molecule has 1 unspecified atom stereocenters. The van der Waals surface area contributed by atoms with Crippen LogP contribution < -0.4 is 5.56 Å². The minimum Gasteiger partial charge on any atom is -0.442 e. The number of rotatable bonds is 1. The van der Waals surface area contributed by atoms with Crippen molar-refractivity contribution in [3.63, 3.8) is 0 Å². The fourth-order valence-electron chi connectivity index (χ4n) is 2.99. The molecule has 0 bridgehead atoms. The Morgan fingerprint density at radius 3 is 2.90 bits per heavy atom. The van der Waals surface area contributed by atoms with Crippen molar-refractivity contribution in [2.24, 2.45) is 7.05 Å². The number of hydrogen-bond acceptors (Lipinski definition) is 4. The van der Waals surface area contributed by atoms with Gasteiger partial charge in [-0.05, 0) is 33.1 Å². The molecule has 6 heteroatoms. The van der Waals surface area contributed by atoms with Crippen LogP contribution in [0.15, 0.2) is 15.5 Å². The van der Waals surface area contributed by atoms with E-state index in [0.29, 0.717) is 16.7 Å². The van der Waals surface area contributed by atoms with Gasteiger partial charge in [-0.2, -0.15) is 0 Å². The molecule has 1 saturated heterocycles. The number of furan rings is 1. The average molecular weight is 289 g/mol. The Labute approximate surface area is 122 Å². The third-order valence-corrected chi connectivity index (χ3v) is 4.23. The van der Waals surface area contributed by atoms with Crippen LogP contribution in [0, 0.1) is 6.92 Å². The van der Waals surface area contributed by atoms with E-state index in [1.807, 2.05) is 11.8 Å². The second kappa shape index (κ2) is 5.02. The highest BCUT2D eigenvalue weighted by Gasteiger charge is 2.30. The van der Waals surface area contributed by atoms with Crippen molar-refractivity contribution in [1.29, 1.82) is 0 Å². The lowest BCUT2D eigenvalue weighted by Crippen LogP contribution is -2.42. The highest BCUT2D eigenvalue weighted by molar-refractivity contribution is 6.06. The van der Waals surface area contributed by atoms with Crippen molar-refractivity contribution in [2.45, 2.75) is 39.2 Å². The van der Waals surface area contributed by atoms with E-state index in [1.54, 1.807) is 14.0 Å². The lowest BCUT2D eigenvalue weighted by molar-refractivity contribution is 0.0635. The lowest BCUT2D eigenvalue weighted by Gasteiger charge is -2.33. The molecule has 2 aromatic heterocycles. The Bertz CT molecular complexity index is 759. The number of carbonyl (C=O) groups excluding carboxylic acids is 1. The van der Waals surface area contributed by atoms with Gasteiger partial charge in [-0.3, -0.25) is 9.59 Å². The summed E-state index contributed by atoms with van der Waals surface area (Å²) in [6, 6.07) is 0.191. The Hall–Kier alpha value is -2.11. The Balaban J connectivity index is 2.15. The maximum atomic E-state index is 12.9. The van der Waals surface area contributed by atoms with Gasteiger partial charge in [0.15, 0.2) is 0 Å². The van der Waals surface area contributed by atoms with Gasteiger partial charge < -0.3 is 13.9 Å². The zero-order valence-electron chi connectivity index (χ0n) is 12.5. The maximum absolute atomic E-state index is 12.9. The summed E-state index contributed by atoms with van der Waals surface area (Å²) in [5, 5.41) is 0.292. The third-order valence-electron chi connectivity index (χ3n) is 4.23. The number of nitrogens with zero attached hydrogens (tertiary/aromatic N) is 3. The molecule has 1 amide bonds. The van der Waals surface area contributed by atoms with Crippen molar-refractivity contribution in [2.75, 3.05) is 6.54 Å². The molecule has 2 aromatic rings. The molecule has 6 nitrogen and oxygen atoms in total. The smallest absolute Gasteiger partial charge is 0.265 e. The zero-order chi connectivity index (χ0) is 15.1. The first-order valence-corrected chi connectivity index (χ1v) is 7.26. The van der Waals surface area contributed by atoms with E-state index in [-0.39, 0.29) is 23.2 Å². The van der Waals surface area contributed by atoms with E-state index in [0.717, 1.165) is 25.8 Å². The number of carbonyl (C=O) groups is 1. The second-order valence-corrected chi connectivity index (χ2v) is 5.72. The van der Waals surface area contributed by atoms with Gasteiger partial charge >= 0.3 is 0 Å². The van der Waals surface area contributed by atoms with E-state index in [9.17, 15) is 9.59 Å². The fourth-order valence-corrected chi connectivity index (χ4v) is 2.99. The molecule has 21 heavy (non-hydrogen) atoms. The SMILES string of the molecule is Cc1oc2ncn(C)c(=O)c2c1C(=O)N1CCCCC1C. The van der Waals surface area contributed by atoms with Crippen LogP contribution in [0.4, 0.5) is 0 Å². The van der Waals surface area contributed by atoms with Gasteiger partial charge in [0.25, 0.3) is 11.5 Å². The molecule has 1 atom stereocenters. The van der Waals surface area contributed by atoms with E-state index in [4.69, 9.17) is 4.42 Å². The molecule has 1 aliphatic heterocycles. The summed E-state index contributed by atoms with van der Waals surface area (Å²) >= 11 is 0. The van der Waals surface area contributed by atoms with Crippen LogP contribution in [0.25, 0.3) is 11.1 Å². The van der Waals surface area contributed by atoms with Crippen molar-refractivity contribution in [3.8, 4) is 0 Å². The standard InChI is InChI=1S/C15H19N3O3/c1-9-6-4-5-7-18(9)15(20)11-10(2)21-13-12(11)14(19)17(3)8-16-13/h8-9H,4-7H2,1-3H3. The molecule has 0 aromatic carbocycles. The van der Waals surface area contributed by atoms with Gasteiger partial charge in [0.1, 0.15) is 17.5 Å². The largest absolute Gasteiger partial charge is 0.442 e. The molecule has 0 spiro atoms. The Morgan fingerprint density at radius 1 is 1.43 bits per heavy atom. The van der Waals surface area contributed by atoms with E-state index in [2.05, 4.69) is 4.98 Å². The summed E-state index contributed by atoms with van der Waals surface area (Å²) in [5.41, 5.74) is 0.362. The van der Waals surface area contributed by atoms with Gasteiger partial charge in [0.2, 0.25) is 5.71 Å². The molecule has 0 aliphatic carbocycles. The normalized spacial score (nSPS) is 19.2. The van der Waals surface area contributed by atoms with Crippen molar-refractivity contribution in [1.82, 2.24) is 14.5 Å². The van der Waals surface area contributed by atoms with Crippen LogP contribution in [0.2, 0.25) is 0 Å². The van der Waals surface area contributed by atoms with E-state index < -0.39 is 0 Å². The summed E-state index contributed by atoms with van der Waals surface area (Å²) in [6.45, 7) is 4.49. The van der Waals surface area contributed by atoms with Crippen LogP contribution in [-0.2, 0) is 7.05 Å². The minimum absolute atomic E-state index is 0.122. The molecule has 1 fully saturated rings. The van der Waals surface area contributed by atoms with E-state index in [1.165, 1.54) is 10.9 Å². The number of piperidine rings is 1. The van der Waals surface area contributed by atoms with E-state index >= 15 is 0 Å². The van der Waals surface area contributed by atoms with Crippen LogP contribution >= 0.6 is 0 Å². The molecule has 112 valence electrons. The second-order valence-electron chi connectivity index (χ2n) is 5.72. The molecule has 0 saturated carbocycles. The number of fused-ring (bicyclic) bond motifs is 1. The first-order valence-electron chi connectivity index (χ1n) is 7.26. The molecule has 0 radical (unpaired) electrons. The van der Waals surface area contributed by atoms with Gasteiger partial charge in [-0.1, -0.05) is 0 Å². The molecule has 0 N–H and O–H groups in total. The number of hydrogen-bond donors (Lipinski definition) is 0. The topological polar surface area (TPSA) is 68.3 Å². The average Bonchev–Trinajstić information content (AvgIpc) is 2.80. The quantitative estimate of drug-likeness (QED) is 0.803. The Kier molecular flexibility index (Phi) is 3.31. The molecule has 3 heterocycles. The highest BCUT2D eigenvalue weighted by Crippen LogP contribution is 2.26. The number of amides is 1. The first-order chi connectivity index (χ1) is 10.0.